The number of aryl methyl sites for hydroxylation is 1. The van der Waals surface area contributed by atoms with Crippen LogP contribution < -0.4 is 21.9 Å². The van der Waals surface area contributed by atoms with Crippen LogP contribution in [0.2, 0.25) is 0 Å². The Bertz CT molecular complexity index is 1180. The molecule has 0 radical (unpaired) electrons. The van der Waals surface area contributed by atoms with Crippen LogP contribution in [0.5, 0.6) is 0 Å². The Balaban J connectivity index is 2.02. The summed E-state index contributed by atoms with van der Waals surface area (Å²) >= 11 is 0. The van der Waals surface area contributed by atoms with E-state index in [1.165, 1.54) is 9.47 Å². The molecule has 0 aliphatic rings. The zero-order valence-corrected chi connectivity index (χ0v) is 18.3. The van der Waals surface area contributed by atoms with Crippen molar-refractivity contribution in [3.63, 3.8) is 0 Å². The van der Waals surface area contributed by atoms with Gasteiger partial charge in [0.25, 0.3) is 5.56 Å². The quantitative estimate of drug-likeness (QED) is 0.499. The van der Waals surface area contributed by atoms with Crippen LogP contribution in [0.25, 0.3) is 0 Å². The van der Waals surface area contributed by atoms with Crippen molar-refractivity contribution in [2.75, 3.05) is 30.9 Å². The first-order valence-electron chi connectivity index (χ1n) is 10.4. The van der Waals surface area contributed by atoms with E-state index in [2.05, 4.69) is 4.98 Å². The molecule has 0 bridgehead atoms. The normalized spacial score (nSPS) is 10.8. The fourth-order valence-corrected chi connectivity index (χ4v) is 3.56. The second kappa shape index (κ2) is 10.6. The van der Waals surface area contributed by atoms with Gasteiger partial charge in [-0.2, -0.15) is 0 Å². The number of nitrogens with one attached hydrogen (secondary N) is 1. The summed E-state index contributed by atoms with van der Waals surface area (Å²) in [4.78, 5) is 42.3. The molecule has 0 unspecified atom stereocenters. The predicted octanol–water partition coefficient (Wildman–Crippen LogP) is 2.09. The van der Waals surface area contributed by atoms with Crippen LogP contribution in [-0.2, 0) is 22.5 Å². The molecule has 8 heteroatoms. The van der Waals surface area contributed by atoms with Crippen LogP contribution in [0, 0.1) is 6.92 Å². The Morgan fingerprint density at radius 2 is 1.78 bits per heavy atom. The van der Waals surface area contributed by atoms with Gasteiger partial charge in [-0.05, 0) is 30.0 Å². The minimum atomic E-state index is -0.688. The average molecular weight is 437 g/mol. The number of carbonyl (C=O) groups excluding carboxylic acids is 1. The van der Waals surface area contributed by atoms with Crippen molar-refractivity contribution >= 4 is 17.4 Å². The lowest BCUT2D eigenvalue weighted by Crippen LogP contribution is -2.42. The Hall–Kier alpha value is -3.65. The lowest BCUT2D eigenvalue weighted by molar-refractivity contribution is -0.118. The van der Waals surface area contributed by atoms with E-state index in [-0.39, 0.29) is 36.9 Å². The Labute approximate surface area is 186 Å². The van der Waals surface area contributed by atoms with Crippen molar-refractivity contribution in [3.05, 3.63) is 92.1 Å². The molecular formula is C24H28N4O4. The Morgan fingerprint density at radius 3 is 2.47 bits per heavy atom. The van der Waals surface area contributed by atoms with Gasteiger partial charge < -0.3 is 15.4 Å². The third-order valence-corrected chi connectivity index (χ3v) is 5.30. The number of aromatic nitrogens is 2. The molecule has 3 N–H and O–H groups in total. The standard InChI is InChI=1S/C24H28N4O4/c1-17-9-6-7-12-19(17)15-20(29)27(13-8-14-32-2)21-22(25)28(24(31)26-23(21)30)16-18-10-4-3-5-11-18/h3-7,9-12H,8,13-16,25H2,1-2H3,(H,26,30,31). The van der Waals surface area contributed by atoms with Gasteiger partial charge in [-0.1, -0.05) is 54.6 Å². The fraction of sp³-hybridized carbons (Fsp3) is 0.292. The number of nitrogen functional groups attached to an aromatic ring is 1. The highest BCUT2D eigenvalue weighted by Gasteiger charge is 2.24. The molecule has 8 nitrogen and oxygen atoms in total. The van der Waals surface area contributed by atoms with E-state index >= 15 is 0 Å². The number of nitrogens with two attached hydrogens (primary N) is 1. The zero-order chi connectivity index (χ0) is 23.1. The molecule has 1 heterocycles. The first-order valence-corrected chi connectivity index (χ1v) is 10.4. The van der Waals surface area contributed by atoms with Gasteiger partial charge in [0.2, 0.25) is 5.91 Å². The maximum Gasteiger partial charge on any atom is 0.330 e. The molecule has 0 spiro atoms. The summed E-state index contributed by atoms with van der Waals surface area (Å²) in [6, 6.07) is 16.9. The van der Waals surface area contributed by atoms with Gasteiger partial charge in [0.05, 0.1) is 13.0 Å². The average Bonchev–Trinajstić information content (AvgIpc) is 2.77. The molecule has 0 saturated heterocycles. The van der Waals surface area contributed by atoms with Crippen LogP contribution in [-0.4, -0.2) is 35.7 Å². The molecule has 168 valence electrons. The lowest BCUT2D eigenvalue weighted by Gasteiger charge is -2.25. The number of rotatable bonds is 9. The number of hydrogen-bond donors (Lipinski definition) is 2. The minimum Gasteiger partial charge on any atom is -0.385 e. The molecule has 1 amide bonds. The number of aromatic amines is 1. The highest BCUT2D eigenvalue weighted by Crippen LogP contribution is 2.20. The van der Waals surface area contributed by atoms with Crippen molar-refractivity contribution in [2.45, 2.75) is 26.3 Å². The summed E-state index contributed by atoms with van der Waals surface area (Å²) in [5.41, 5.74) is 7.68. The summed E-state index contributed by atoms with van der Waals surface area (Å²) in [5, 5.41) is 0. The SMILES string of the molecule is COCCCN(C(=O)Cc1ccccc1C)c1c(N)n(Cc2ccccc2)c(=O)[nH]c1=O. The van der Waals surface area contributed by atoms with Crippen molar-refractivity contribution in [1.29, 1.82) is 0 Å². The first-order chi connectivity index (χ1) is 15.4. The first kappa shape index (κ1) is 23.0. The predicted molar refractivity (Wildman–Crippen MR) is 125 cm³/mol. The summed E-state index contributed by atoms with van der Waals surface area (Å²) in [5.74, 6) is -0.323. The van der Waals surface area contributed by atoms with Crippen molar-refractivity contribution in [1.82, 2.24) is 9.55 Å². The van der Waals surface area contributed by atoms with Crippen LogP contribution in [0.4, 0.5) is 11.5 Å². The number of nitrogens with zero attached hydrogens (tertiary/aromatic N) is 2. The fourth-order valence-electron chi connectivity index (χ4n) is 3.56. The van der Waals surface area contributed by atoms with Crippen LogP contribution in [0.3, 0.4) is 0 Å². The van der Waals surface area contributed by atoms with Crippen molar-refractivity contribution in [2.24, 2.45) is 0 Å². The number of hydrogen-bond acceptors (Lipinski definition) is 5. The molecule has 32 heavy (non-hydrogen) atoms. The molecule has 3 rings (SSSR count). The van der Waals surface area contributed by atoms with Crippen LogP contribution in [0.1, 0.15) is 23.1 Å². The second-order valence-corrected chi connectivity index (χ2v) is 7.56. The van der Waals surface area contributed by atoms with Crippen molar-refractivity contribution in [3.8, 4) is 0 Å². The Morgan fingerprint density at radius 1 is 1.09 bits per heavy atom. The number of carbonyl (C=O) groups is 1. The van der Waals surface area contributed by atoms with E-state index in [9.17, 15) is 14.4 Å². The number of benzene rings is 2. The van der Waals surface area contributed by atoms with Gasteiger partial charge in [-0.3, -0.25) is 19.1 Å². The molecule has 0 aliphatic carbocycles. The molecule has 1 aromatic heterocycles. The molecular weight excluding hydrogens is 408 g/mol. The maximum atomic E-state index is 13.3. The monoisotopic (exact) mass is 436 g/mol. The Kier molecular flexibility index (Phi) is 7.62. The van der Waals surface area contributed by atoms with Gasteiger partial charge in [0, 0.05) is 20.3 Å². The van der Waals surface area contributed by atoms with Crippen molar-refractivity contribution < 1.29 is 9.53 Å². The summed E-state index contributed by atoms with van der Waals surface area (Å²) in [6.07, 6.45) is 0.614. The highest BCUT2D eigenvalue weighted by molar-refractivity contribution is 5.96. The van der Waals surface area contributed by atoms with E-state index in [1.807, 2.05) is 61.5 Å². The van der Waals surface area contributed by atoms with Gasteiger partial charge in [-0.25, -0.2) is 4.79 Å². The molecule has 2 aromatic carbocycles. The number of ether oxygens (including phenoxy) is 1. The summed E-state index contributed by atoms with van der Waals surface area (Å²) < 4.78 is 6.39. The number of methoxy groups -OCH3 is 1. The van der Waals surface area contributed by atoms with Crippen LogP contribution in [0.15, 0.2) is 64.2 Å². The van der Waals surface area contributed by atoms with Gasteiger partial charge in [0.1, 0.15) is 5.82 Å². The van der Waals surface area contributed by atoms with E-state index in [1.54, 1.807) is 7.11 Å². The van der Waals surface area contributed by atoms with E-state index in [0.717, 1.165) is 16.7 Å². The molecule has 0 fully saturated rings. The zero-order valence-electron chi connectivity index (χ0n) is 18.3. The minimum absolute atomic E-state index is 0.0183. The topological polar surface area (TPSA) is 110 Å². The third-order valence-electron chi connectivity index (χ3n) is 5.30. The lowest BCUT2D eigenvalue weighted by atomic mass is 10.1. The molecule has 0 aliphatic heterocycles. The van der Waals surface area contributed by atoms with Crippen LogP contribution >= 0.6 is 0 Å². The smallest absolute Gasteiger partial charge is 0.330 e. The largest absolute Gasteiger partial charge is 0.385 e. The van der Waals surface area contributed by atoms with Gasteiger partial charge >= 0.3 is 5.69 Å². The second-order valence-electron chi connectivity index (χ2n) is 7.56. The summed E-state index contributed by atoms with van der Waals surface area (Å²) in [6.45, 7) is 2.75. The highest BCUT2D eigenvalue weighted by atomic mass is 16.5. The van der Waals surface area contributed by atoms with E-state index in [4.69, 9.17) is 10.5 Å². The number of H-pyrrole nitrogens is 1. The number of anilines is 2. The molecule has 0 saturated carbocycles. The maximum absolute atomic E-state index is 13.3. The van der Waals surface area contributed by atoms with E-state index < -0.39 is 11.2 Å². The van der Waals surface area contributed by atoms with Gasteiger partial charge in [-0.15, -0.1) is 0 Å². The van der Waals surface area contributed by atoms with Gasteiger partial charge in [0.15, 0.2) is 5.69 Å². The summed E-state index contributed by atoms with van der Waals surface area (Å²) in [7, 11) is 1.57. The molecule has 3 aromatic rings. The van der Waals surface area contributed by atoms with E-state index in [0.29, 0.717) is 13.0 Å². The third kappa shape index (κ3) is 5.33. The molecule has 0 atom stereocenters. The number of amides is 1.